The summed E-state index contributed by atoms with van der Waals surface area (Å²) in [6.07, 6.45) is 1.58. The second-order valence-corrected chi connectivity index (χ2v) is 7.31. The highest BCUT2D eigenvalue weighted by Crippen LogP contribution is 2.30. The van der Waals surface area contributed by atoms with E-state index in [4.69, 9.17) is 4.74 Å². The van der Waals surface area contributed by atoms with Gasteiger partial charge in [-0.1, -0.05) is 32.0 Å². The van der Waals surface area contributed by atoms with E-state index in [0.717, 1.165) is 17.0 Å². The second-order valence-electron chi connectivity index (χ2n) is 7.31. The molecule has 0 amide bonds. The van der Waals surface area contributed by atoms with Gasteiger partial charge in [0, 0.05) is 18.7 Å². The smallest absolute Gasteiger partial charge is 0.181 e. The number of phenols is 1. The third kappa shape index (κ3) is 8.07. The van der Waals surface area contributed by atoms with Crippen molar-refractivity contribution in [1.82, 2.24) is 10.2 Å². The van der Waals surface area contributed by atoms with Crippen molar-refractivity contribution in [3.05, 3.63) is 65.0 Å². The van der Waals surface area contributed by atoms with Crippen LogP contribution in [0.3, 0.4) is 0 Å². The molecule has 2 aromatic rings. The highest BCUT2D eigenvalue weighted by atomic mass is 16.5. The molecule has 0 spiro atoms. The van der Waals surface area contributed by atoms with Crippen molar-refractivity contribution in [2.75, 3.05) is 33.6 Å². The van der Waals surface area contributed by atoms with E-state index in [2.05, 4.69) is 10.6 Å². The minimum absolute atomic E-state index is 0.0295. The van der Waals surface area contributed by atoms with Gasteiger partial charge in [0.1, 0.15) is 17.2 Å². The van der Waals surface area contributed by atoms with E-state index in [-0.39, 0.29) is 17.1 Å². The average molecular weight is 442 g/mol. The number of ketones is 1. The number of methoxy groups -OCH3 is 1. The quantitative estimate of drug-likeness (QED) is 0.438. The van der Waals surface area contributed by atoms with Crippen LogP contribution in [0.25, 0.3) is 0 Å². The molecule has 0 aliphatic heterocycles. The van der Waals surface area contributed by atoms with Crippen molar-refractivity contribution < 1.29 is 19.4 Å². The van der Waals surface area contributed by atoms with E-state index < -0.39 is 0 Å². The van der Waals surface area contributed by atoms with E-state index in [1.807, 2.05) is 64.2 Å². The number of aldehydes is 1. The Labute approximate surface area is 191 Å². The molecule has 2 aromatic carbocycles. The first-order valence-electron chi connectivity index (χ1n) is 10.6. The van der Waals surface area contributed by atoms with Gasteiger partial charge >= 0.3 is 0 Å². The Bertz CT molecular complexity index is 903. The molecule has 0 saturated carbocycles. The van der Waals surface area contributed by atoms with Crippen molar-refractivity contribution in [2.24, 2.45) is 0 Å². The lowest BCUT2D eigenvalue weighted by molar-refractivity contribution is -0.114. The van der Waals surface area contributed by atoms with Gasteiger partial charge in [0.05, 0.1) is 18.4 Å². The van der Waals surface area contributed by atoms with Gasteiger partial charge in [0.2, 0.25) is 0 Å². The van der Waals surface area contributed by atoms with E-state index in [1.54, 1.807) is 19.2 Å². The van der Waals surface area contributed by atoms with Gasteiger partial charge in [-0.2, -0.15) is 0 Å². The molecule has 1 aliphatic carbocycles. The first kappa shape index (κ1) is 26.7. The Morgan fingerprint density at radius 1 is 1.06 bits per heavy atom. The maximum Gasteiger partial charge on any atom is 0.181 e. The largest absolute Gasteiger partial charge is 0.505 e. The molecule has 7 heteroatoms. The molecule has 0 aromatic heterocycles. The summed E-state index contributed by atoms with van der Waals surface area (Å²) in [6.45, 7) is 4.57. The number of hydrogen-bond acceptors (Lipinski definition) is 7. The van der Waals surface area contributed by atoms with Crippen LogP contribution in [0.2, 0.25) is 0 Å². The molecule has 174 valence electrons. The number of Topliss-reactive ketones (excluding diaryl/α,β-unsaturated/α-hetero) is 1. The average Bonchev–Trinajstić information content (AvgIpc) is 3.14. The molecule has 32 heavy (non-hydrogen) atoms. The van der Waals surface area contributed by atoms with Crippen LogP contribution < -0.4 is 15.4 Å². The predicted octanol–water partition coefficient (Wildman–Crippen LogP) is 4.19. The summed E-state index contributed by atoms with van der Waals surface area (Å²) in [4.78, 5) is 25.2. The van der Waals surface area contributed by atoms with E-state index >= 15 is 0 Å². The molecule has 0 saturated heterocycles. The van der Waals surface area contributed by atoms with Crippen LogP contribution in [-0.4, -0.2) is 50.3 Å². The molecule has 0 atom stereocenters. The second kappa shape index (κ2) is 13.9. The number of nitrogens with zero attached hydrogens (tertiary/aromatic N) is 1. The molecule has 7 nitrogen and oxygen atoms in total. The van der Waals surface area contributed by atoms with Gasteiger partial charge in [0.25, 0.3) is 0 Å². The van der Waals surface area contributed by atoms with Gasteiger partial charge in [0.15, 0.2) is 12.1 Å². The Hall–Kier alpha value is -3.32. The fraction of sp³-hybridized carbons (Fsp3) is 0.360. The lowest BCUT2D eigenvalue weighted by Crippen LogP contribution is -2.17. The minimum Gasteiger partial charge on any atom is -0.505 e. The van der Waals surface area contributed by atoms with Crippen LogP contribution in [0.4, 0.5) is 5.69 Å². The summed E-state index contributed by atoms with van der Waals surface area (Å²) in [6, 6.07) is 12.5. The number of rotatable bonds is 7. The highest BCUT2D eigenvalue weighted by Gasteiger charge is 2.24. The zero-order chi connectivity index (χ0) is 24.1. The Balaban J connectivity index is 0.000000769. The van der Waals surface area contributed by atoms with Crippen molar-refractivity contribution in [3.63, 3.8) is 0 Å². The number of phenolic OH excluding ortho intramolecular Hbond substituents is 1. The van der Waals surface area contributed by atoms with Gasteiger partial charge < -0.3 is 25.4 Å². The Kier molecular flexibility index (Phi) is 11.6. The zero-order valence-corrected chi connectivity index (χ0v) is 19.9. The monoisotopic (exact) mass is 441 g/mol. The zero-order valence-electron chi connectivity index (χ0n) is 19.9. The van der Waals surface area contributed by atoms with Crippen LogP contribution in [-0.2, 0) is 11.3 Å². The molecule has 0 bridgehead atoms. The third-order valence-electron chi connectivity index (χ3n) is 4.30. The van der Waals surface area contributed by atoms with Gasteiger partial charge in [-0.25, -0.2) is 0 Å². The lowest BCUT2D eigenvalue weighted by Gasteiger charge is -2.13. The molecule has 0 unspecified atom stereocenters. The Morgan fingerprint density at radius 3 is 2.25 bits per heavy atom. The van der Waals surface area contributed by atoms with Crippen LogP contribution in [0.1, 0.15) is 42.6 Å². The van der Waals surface area contributed by atoms with Crippen molar-refractivity contribution >= 4 is 17.8 Å². The molecular weight excluding hydrogens is 406 g/mol. The first-order valence-corrected chi connectivity index (χ1v) is 10.6. The maximum atomic E-state index is 12.2. The van der Waals surface area contributed by atoms with E-state index in [9.17, 15) is 14.7 Å². The number of aromatic hydroxyl groups is 1. The fourth-order valence-electron chi connectivity index (χ4n) is 2.82. The number of ether oxygens (including phenoxy) is 1. The van der Waals surface area contributed by atoms with Gasteiger partial charge in [-0.3, -0.25) is 9.59 Å². The summed E-state index contributed by atoms with van der Waals surface area (Å²) in [5.74, 6) is 0.597. The summed E-state index contributed by atoms with van der Waals surface area (Å²) < 4.78 is 5.14. The van der Waals surface area contributed by atoms with Crippen LogP contribution in [0, 0.1) is 0 Å². The molecule has 0 heterocycles. The lowest BCUT2D eigenvalue weighted by atomic mass is 10.1. The molecule has 0 radical (unpaired) electrons. The van der Waals surface area contributed by atoms with Crippen LogP contribution >= 0.6 is 0 Å². The molecule has 1 aliphatic rings. The van der Waals surface area contributed by atoms with Crippen molar-refractivity contribution in [2.45, 2.75) is 33.2 Å². The van der Waals surface area contributed by atoms with Gasteiger partial charge in [-0.05, 0) is 57.4 Å². The summed E-state index contributed by atoms with van der Waals surface area (Å²) >= 11 is 0. The van der Waals surface area contributed by atoms with Crippen LogP contribution in [0.5, 0.6) is 11.5 Å². The number of carbonyl (C=O) groups is 2. The number of hydrogen-bond donors (Lipinski definition) is 3. The predicted molar refractivity (Wildman–Crippen MR) is 129 cm³/mol. The molecule has 3 N–H and O–H groups in total. The Morgan fingerprint density at radius 2 is 1.69 bits per heavy atom. The third-order valence-corrected chi connectivity index (χ3v) is 4.30. The molecular formula is C25H35N3O4. The summed E-state index contributed by atoms with van der Waals surface area (Å²) in [7, 11) is 7.62. The molecule has 0 fully saturated rings. The topological polar surface area (TPSA) is 90.9 Å². The number of nitrogens with one attached hydrogen (secondary N) is 2. The number of anilines is 1. The number of para-hydroxylation sites is 1. The van der Waals surface area contributed by atoms with Crippen LogP contribution in [0.15, 0.2) is 53.9 Å². The van der Waals surface area contributed by atoms with E-state index in [0.29, 0.717) is 37.1 Å². The molecule has 3 rings (SSSR count). The van der Waals surface area contributed by atoms with Crippen molar-refractivity contribution in [3.8, 4) is 11.5 Å². The SMILES string of the molecule is CC.CN(C)C.COc1ccc(CNC2=C(Nc3cccc(C=O)c3O)C(=O)CC2)cc1. The normalized spacial score (nSPS) is 12.4. The number of allylic oxidation sites excluding steroid dienone is 2. The highest BCUT2D eigenvalue weighted by molar-refractivity contribution is 6.01. The fourth-order valence-corrected chi connectivity index (χ4v) is 2.82. The number of carbonyl (C=O) groups excluding carboxylic acids is 2. The van der Waals surface area contributed by atoms with E-state index in [1.165, 1.54) is 6.07 Å². The first-order chi connectivity index (χ1) is 15.3. The maximum absolute atomic E-state index is 12.2. The standard InChI is InChI=1S/C20H20N2O4.C3H9N.C2H6/c1-26-15-7-5-13(6-8-15)11-21-16-9-10-18(24)19(16)22-17-4-2-3-14(12-23)20(17)25;1-4(2)3;1-2/h2-8,12,21-22,25H,9-11H2,1H3;1-3H3;1-2H3. The number of benzene rings is 2. The summed E-state index contributed by atoms with van der Waals surface area (Å²) in [5.41, 5.74) is 2.79. The summed E-state index contributed by atoms with van der Waals surface area (Å²) in [5, 5.41) is 16.4. The van der Waals surface area contributed by atoms with Crippen molar-refractivity contribution in [1.29, 1.82) is 0 Å². The minimum atomic E-state index is -0.163. The van der Waals surface area contributed by atoms with Gasteiger partial charge in [-0.15, -0.1) is 0 Å².